The van der Waals surface area contributed by atoms with Gasteiger partial charge in [-0.15, -0.1) is 0 Å². The smallest absolute Gasteiger partial charge is 0.274 e. The SMILES string of the molecule is Cn1nc(C(=O)N2CC[C@@H](Cc3cccc(CO)c3)C2)cc1-c1ccccc1. The first-order valence-corrected chi connectivity index (χ1v) is 9.71. The lowest BCUT2D eigenvalue weighted by molar-refractivity contribution is 0.0780. The van der Waals surface area contributed by atoms with Crippen LogP contribution < -0.4 is 0 Å². The van der Waals surface area contributed by atoms with Crippen molar-refractivity contribution in [3.63, 3.8) is 0 Å². The number of carbonyl (C=O) groups is 1. The first-order chi connectivity index (χ1) is 13.6. The molecule has 0 unspecified atom stereocenters. The molecule has 5 nitrogen and oxygen atoms in total. The number of likely N-dealkylation sites (tertiary alicyclic amines) is 1. The van der Waals surface area contributed by atoms with Crippen LogP contribution in [-0.4, -0.2) is 38.8 Å². The first-order valence-electron chi connectivity index (χ1n) is 9.71. The molecule has 0 radical (unpaired) electrons. The summed E-state index contributed by atoms with van der Waals surface area (Å²) in [5.41, 5.74) is 4.66. The number of hydrogen-bond acceptors (Lipinski definition) is 3. The molecule has 0 saturated carbocycles. The molecule has 1 aromatic heterocycles. The first kappa shape index (κ1) is 18.4. The highest BCUT2D eigenvalue weighted by molar-refractivity contribution is 5.93. The minimum atomic E-state index is 0.00406. The van der Waals surface area contributed by atoms with Gasteiger partial charge in [-0.3, -0.25) is 9.48 Å². The van der Waals surface area contributed by atoms with Gasteiger partial charge in [-0.1, -0.05) is 54.6 Å². The maximum atomic E-state index is 13.0. The van der Waals surface area contributed by atoms with Crippen LogP contribution in [0.3, 0.4) is 0 Å². The summed E-state index contributed by atoms with van der Waals surface area (Å²) < 4.78 is 1.77. The fraction of sp³-hybridized carbons (Fsp3) is 0.304. The van der Waals surface area contributed by atoms with Crippen molar-refractivity contribution in [1.29, 1.82) is 0 Å². The summed E-state index contributed by atoms with van der Waals surface area (Å²) in [6.45, 7) is 1.58. The molecule has 1 atom stereocenters. The average Bonchev–Trinajstić information content (AvgIpc) is 3.35. The van der Waals surface area contributed by atoms with Crippen LogP contribution in [0.15, 0.2) is 60.7 Å². The molecule has 3 aromatic rings. The number of aromatic nitrogens is 2. The van der Waals surface area contributed by atoms with Gasteiger partial charge in [-0.2, -0.15) is 5.10 Å². The fourth-order valence-corrected chi connectivity index (χ4v) is 3.98. The number of aliphatic hydroxyl groups excluding tert-OH is 1. The molecular weight excluding hydrogens is 350 g/mol. The zero-order valence-electron chi connectivity index (χ0n) is 16.1. The number of carbonyl (C=O) groups excluding carboxylic acids is 1. The van der Waals surface area contributed by atoms with Crippen molar-refractivity contribution >= 4 is 5.91 Å². The zero-order chi connectivity index (χ0) is 19.5. The third kappa shape index (κ3) is 3.85. The van der Waals surface area contributed by atoms with E-state index >= 15 is 0 Å². The molecule has 1 fully saturated rings. The molecule has 5 heteroatoms. The lowest BCUT2D eigenvalue weighted by atomic mass is 9.97. The second kappa shape index (κ2) is 7.98. The van der Waals surface area contributed by atoms with Gasteiger partial charge in [-0.25, -0.2) is 0 Å². The molecule has 0 aliphatic carbocycles. The number of aliphatic hydroxyl groups is 1. The minimum Gasteiger partial charge on any atom is -0.392 e. The van der Waals surface area contributed by atoms with Gasteiger partial charge in [-0.05, 0) is 41.5 Å². The predicted octanol–water partition coefficient (Wildman–Crippen LogP) is 3.28. The third-order valence-electron chi connectivity index (χ3n) is 5.44. The Morgan fingerprint density at radius 1 is 1.11 bits per heavy atom. The second-order valence-electron chi connectivity index (χ2n) is 7.49. The van der Waals surface area contributed by atoms with Crippen molar-refractivity contribution in [2.45, 2.75) is 19.4 Å². The number of hydrogen-bond donors (Lipinski definition) is 1. The van der Waals surface area contributed by atoms with E-state index in [1.54, 1.807) is 4.68 Å². The molecule has 1 amide bonds. The Balaban J connectivity index is 1.43. The molecule has 28 heavy (non-hydrogen) atoms. The van der Waals surface area contributed by atoms with Gasteiger partial charge >= 0.3 is 0 Å². The van der Waals surface area contributed by atoms with Crippen LogP contribution in [0.4, 0.5) is 0 Å². The van der Waals surface area contributed by atoms with Crippen molar-refractivity contribution < 1.29 is 9.90 Å². The van der Waals surface area contributed by atoms with E-state index in [0.717, 1.165) is 42.8 Å². The maximum Gasteiger partial charge on any atom is 0.274 e. The number of nitrogens with zero attached hydrogens (tertiary/aromatic N) is 3. The Morgan fingerprint density at radius 2 is 1.89 bits per heavy atom. The van der Waals surface area contributed by atoms with E-state index in [1.807, 2.05) is 60.5 Å². The topological polar surface area (TPSA) is 58.4 Å². The van der Waals surface area contributed by atoms with Gasteiger partial charge in [0, 0.05) is 20.1 Å². The Bertz CT molecular complexity index is 965. The van der Waals surface area contributed by atoms with Gasteiger partial charge in [0.1, 0.15) is 0 Å². The average molecular weight is 375 g/mol. The van der Waals surface area contributed by atoms with Crippen LogP contribution in [0.5, 0.6) is 0 Å². The highest BCUT2D eigenvalue weighted by Gasteiger charge is 2.28. The van der Waals surface area contributed by atoms with Crippen LogP contribution in [0.2, 0.25) is 0 Å². The Morgan fingerprint density at radius 3 is 2.68 bits per heavy atom. The predicted molar refractivity (Wildman–Crippen MR) is 109 cm³/mol. The van der Waals surface area contributed by atoms with Crippen LogP contribution in [-0.2, 0) is 20.1 Å². The van der Waals surface area contributed by atoms with Gasteiger partial charge in [0.2, 0.25) is 0 Å². The van der Waals surface area contributed by atoms with Crippen LogP contribution >= 0.6 is 0 Å². The van der Waals surface area contributed by atoms with Crippen LogP contribution in [0.25, 0.3) is 11.3 Å². The lowest BCUT2D eigenvalue weighted by Crippen LogP contribution is -2.29. The number of amides is 1. The van der Waals surface area contributed by atoms with E-state index in [4.69, 9.17) is 0 Å². The molecular formula is C23H25N3O2. The van der Waals surface area contributed by atoms with Crippen LogP contribution in [0, 0.1) is 5.92 Å². The quantitative estimate of drug-likeness (QED) is 0.744. The lowest BCUT2D eigenvalue weighted by Gasteiger charge is -2.15. The van der Waals surface area contributed by atoms with Gasteiger partial charge in [0.15, 0.2) is 5.69 Å². The Hall–Kier alpha value is -2.92. The minimum absolute atomic E-state index is 0.00406. The molecule has 0 spiro atoms. The van der Waals surface area contributed by atoms with Gasteiger partial charge in [0.25, 0.3) is 5.91 Å². The highest BCUT2D eigenvalue weighted by Crippen LogP contribution is 2.25. The largest absolute Gasteiger partial charge is 0.392 e. The van der Waals surface area contributed by atoms with Crippen molar-refractivity contribution in [1.82, 2.24) is 14.7 Å². The van der Waals surface area contributed by atoms with E-state index in [9.17, 15) is 9.90 Å². The molecule has 1 saturated heterocycles. The molecule has 144 valence electrons. The third-order valence-corrected chi connectivity index (χ3v) is 5.44. The summed E-state index contributed by atoms with van der Waals surface area (Å²) in [5.74, 6) is 0.444. The van der Waals surface area contributed by atoms with E-state index in [1.165, 1.54) is 5.56 Å². The normalized spacial score (nSPS) is 16.5. The molecule has 1 aliphatic rings. The molecule has 2 heterocycles. The maximum absolute atomic E-state index is 13.0. The van der Waals surface area contributed by atoms with Gasteiger partial charge in [0.05, 0.1) is 12.3 Å². The molecule has 2 aromatic carbocycles. The van der Waals surface area contributed by atoms with Crippen molar-refractivity contribution in [3.8, 4) is 11.3 Å². The summed E-state index contributed by atoms with van der Waals surface area (Å²) >= 11 is 0. The van der Waals surface area contributed by atoms with E-state index in [-0.39, 0.29) is 12.5 Å². The van der Waals surface area contributed by atoms with E-state index < -0.39 is 0 Å². The van der Waals surface area contributed by atoms with E-state index in [2.05, 4.69) is 17.2 Å². The fourth-order valence-electron chi connectivity index (χ4n) is 3.98. The second-order valence-corrected chi connectivity index (χ2v) is 7.49. The summed E-state index contributed by atoms with van der Waals surface area (Å²) in [6.07, 6.45) is 1.92. The summed E-state index contributed by atoms with van der Waals surface area (Å²) in [5, 5.41) is 13.8. The van der Waals surface area contributed by atoms with E-state index in [0.29, 0.717) is 11.6 Å². The standard InChI is InChI=1S/C23H25N3O2/c1-25-22(20-8-3-2-4-9-20)14-21(24-25)23(28)26-11-10-18(15-26)12-17-6-5-7-19(13-17)16-27/h2-9,13-14,18,27H,10-12,15-16H2,1H3/t18-/m0/s1. The number of benzene rings is 2. The van der Waals surface area contributed by atoms with Crippen molar-refractivity contribution in [3.05, 3.63) is 77.5 Å². The zero-order valence-corrected chi connectivity index (χ0v) is 16.1. The molecule has 1 aliphatic heterocycles. The summed E-state index contributed by atoms with van der Waals surface area (Å²) in [6, 6.07) is 19.9. The highest BCUT2D eigenvalue weighted by atomic mass is 16.3. The van der Waals surface area contributed by atoms with Crippen molar-refractivity contribution in [2.75, 3.05) is 13.1 Å². The molecule has 4 rings (SSSR count). The summed E-state index contributed by atoms with van der Waals surface area (Å²) in [4.78, 5) is 14.9. The summed E-state index contributed by atoms with van der Waals surface area (Å²) in [7, 11) is 1.88. The molecule has 0 bridgehead atoms. The number of rotatable bonds is 5. The molecule has 1 N–H and O–H groups in total. The van der Waals surface area contributed by atoms with Crippen molar-refractivity contribution in [2.24, 2.45) is 13.0 Å². The Kier molecular flexibility index (Phi) is 5.26. The number of aryl methyl sites for hydroxylation is 1. The Labute approximate surface area is 165 Å². The monoisotopic (exact) mass is 375 g/mol. The van der Waals surface area contributed by atoms with Gasteiger partial charge < -0.3 is 10.0 Å². The van der Waals surface area contributed by atoms with Crippen LogP contribution in [0.1, 0.15) is 28.0 Å².